The third-order valence-electron chi connectivity index (χ3n) is 12.5. The molecule has 0 aromatic carbocycles. The second-order valence-corrected chi connectivity index (χ2v) is 17.6. The molecule has 0 radical (unpaired) electrons. The zero-order valence-electron chi connectivity index (χ0n) is 31.9. The van der Waals surface area contributed by atoms with Crippen LogP contribution >= 0.6 is 11.3 Å². The Kier molecular flexibility index (Phi) is 12.9. The third kappa shape index (κ3) is 9.60. The van der Waals surface area contributed by atoms with Crippen LogP contribution in [0.4, 0.5) is 26.3 Å². The number of esters is 2. The normalized spacial score (nSPS) is 37.4. The first-order valence-electron chi connectivity index (χ1n) is 18.8. The summed E-state index contributed by atoms with van der Waals surface area (Å²) in [6.07, 6.45) is -9.45. The molecule has 2 saturated heterocycles. The molecule has 4 fully saturated rings. The van der Waals surface area contributed by atoms with Crippen LogP contribution in [0.2, 0.25) is 0 Å². The van der Waals surface area contributed by atoms with Crippen molar-refractivity contribution < 1.29 is 85.5 Å². The molecule has 0 amide bonds. The number of allylic oxidation sites excluding steroid dienone is 2. The van der Waals surface area contributed by atoms with Gasteiger partial charge in [-0.25, -0.2) is 9.59 Å². The molecule has 4 aliphatic rings. The van der Waals surface area contributed by atoms with Gasteiger partial charge < -0.3 is 49.6 Å². The van der Waals surface area contributed by atoms with E-state index in [9.17, 15) is 66.6 Å². The monoisotopic (exact) mass is 844 g/mol. The highest BCUT2D eigenvalue weighted by Crippen LogP contribution is 2.52. The SMILES string of the molecule is C[C@@H]1CC[C@@H](/C(COC(=O)c2ccc(C(=O)OC/C(=C(/O)C(F)(F)F)[C@@H]3CC[C@@H](C)[C@@H]4CCC(C)(O)OC[C@]34O)s2)=C(\O)C(F)(F)F)[C@@]2(O)COC(C)(O)CC[C@@H]12. The second kappa shape index (κ2) is 16.3. The average Bonchev–Trinajstić information content (AvgIpc) is 3.51. The summed E-state index contributed by atoms with van der Waals surface area (Å²) in [5.74, 6) is -14.4. The van der Waals surface area contributed by atoms with Gasteiger partial charge in [-0.15, -0.1) is 11.3 Å². The van der Waals surface area contributed by atoms with E-state index in [1.807, 2.05) is 13.8 Å². The standard InChI is InChI=1S/C38H50F6O12S/c1-19-5-7-25(35(51)17-55-33(3,49)13-11-23(19)35)21(29(45)37(39,40)41)15-53-31(47)27-9-10-28(57-27)32(48)54-16-22(30(46)38(42,43)44)26-8-6-20(2)24-12-14-34(4,50)56-18-36(24,26)52/h9-10,19-20,23-26,45-46,49-52H,5-8,11-18H2,1-4H3/b29-21-,30-22-/t19-,20-,23+,24+,25+,26+,33?,34?,35-,36-/m1/s1. The summed E-state index contributed by atoms with van der Waals surface area (Å²) in [5, 5.41) is 65.6. The lowest BCUT2D eigenvalue weighted by Gasteiger charge is -2.48. The van der Waals surface area contributed by atoms with Crippen molar-refractivity contribution in [3.63, 3.8) is 0 Å². The number of hydrogen-bond acceptors (Lipinski definition) is 13. The Hall–Kier alpha value is -2.94. The van der Waals surface area contributed by atoms with Crippen LogP contribution in [0.1, 0.15) is 98.4 Å². The molecular weight excluding hydrogens is 794 g/mol. The number of carbonyl (C=O) groups is 2. The largest absolute Gasteiger partial charge is 0.504 e. The second-order valence-electron chi connectivity index (χ2n) is 16.5. The summed E-state index contributed by atoms with van der Waals surface area (Å²) in [4.78, 5) is 25.6. The number of halogens is 6. The molecule has 0 bridgehead atoms. The highest BCUT2D eigenvalue weighted by molar-refractivity contribution is 7.15. The maximum Gasteiger partial charge on any atom is 0.448 e. The molecule has 3 heterocycles. The summed E-state index contributed by atoms with van der Waals surface area (Å²) >= 11 is 0.447. The van der Waals surface area contributed by atoms with Crippen molar-refractivity contribution in [1.82, 2.24) is 0 Å². The molecule has 57 heavy (non-hydrogen) atoms. The van der Waals surface area contributed by atoms with Gasteiger partial charge in [-0.05, 0) is 88.2 Å². The molecule has 0 spiro atoms. The van der Waals surface area contributed by atoms with Crippen LogP contribution in [0.15, 0.2) is 34.8 Å². The number of rotatable bonds is 8. The van der Waals surface area contributed by atoms with E-state index in [-0.39, 0.29) is 60.1 Å². The van der Waals surface area contributed by atoms with Gasteiger partial charge in [0.1, 0.15) is 23.0 Å². The van der Waals surface area contributed by atoms with Gasteiger partial charge in [-0.2, -0.15) is 26.3 Å². The van der Waals surface area contributed by atoms with E-state index in [4.69, 9.17) is 18.9 Å². The van der Waals surface area contributed by atoms with Gasteiger partial charge in [0.05, 0.1) is 24.4 Å². The van der Waals surface area contributed by atoms with E-state index >= 15 is 0 Å². The minimum Gasteiger partial charge on any atom is -0.504 e. The fourth-order valence-electron chi connectivity index (χ4n) is 9.25. The number of thiophene rings is 1. The first-order valence-corrected chi connectivity index (χ1v) is 19.6. The number of carbonyl (C=O) groups excluding carboxylic acids is 2. The lowest BCUT2D eigenvalue weighted by molar-refractivity contribution is -0.223. The first-order chi connectivity index (χ1) is 26.2. The zero-order chi connectivity index (χ0) is 42.5. The summed E-state index contributed by atoms with van der Waals surface area (Å²) in [5.41, 5.74) is -5.60. The van der Waals surface area contributed by atoms with E-state index in [2.05, 4.69) is 0 Å². The van der Waals surface area contributed by atoms with Crippen molar-refractivity contribution >= 4 is 23.3 Å². The molecule has 322 valence electrons. The minimum atomic E-state index is -5.30. The Morgan fingerprint density at radius 2 is 1.04 bits per heavy atom. The quantitative estimate of drug-likeness (QED) is 0.0931. The highest BCUT2D eigenvalue weighted by Gasteiger charge is 2.57. The third-order valence-corrected chi connectivity index (χ3v) is 13.5. The summed E-state index contributed by atoms with van der Waals surface area (Å²) in [6.45, 7) is 2.97. The Morgan fingerprint density at radius 1 is 0.684 bits per heavy atom. The Morgan fingerprint density at radius 3 is 1.37 bits per heavy atom. The van der Waals surface area contributed by atoms with E-state index in [1.165, 1.54) is 13.8 Å². The Labute approximate surface area is 329 Å². The fraction of sp³-hybridized carbons (Fsp3) is 0.737. The predicted octanol–water partition coefficient (Wildman–Crippen LogP) is 6.64. The molecule has 19 heteroatoms. The first kappa shape index (κ1) is 45.1. The van der Waals surface area contributed by atoms with Gasteiger partial charge in [-0.3, -0.25) is 0 Å². The number of aliphatic hydroxyl groups is 6. The average molecular weight is 845 g/mol. The van der Waals surface area contributed by atoms with Crippen LogP contribution in [0, 0.1) is 35.5 Å². The topological polar surface area (TPSA) is 192 Å². The van der Waals surface area contributed by atoms with Crippen molar-refractivity contribution in [2.75, 3.05) is 26.4 Å². The van der Waals surface area contributed by atoms with Gasteiger partial charge in [0, 0.05) is 35.8 Å². The zero-order valence-corrected chi connectivity index (χ0v) is 32.7. The molecule has 2 aliphatic heterocycles. The summed E-state index contributed by atoms with van der Waals surface area (Å²) < 4.78 is 105. The maximum absolute atomic E-state index is 14.0. The number of aliphatic hydroxyl groups excluding tert-OH is 2. The van der Waals surface area contributed by atoms with Gasteiger partial charge in [0.2, 0.25) is 11.5 Å². The number of ether oxygens (including phenoxy) is 4. The van der Waals surface area contributed by atoms with Crippen LogP contribution in [-0.4, -0.2) is 104 Å². The van der Waals surface area contributed by atoms with E-state index in [1.54, 1.807) is 0 Å². The van der Waals surface area contributed by atoms with Crippen LogP contribution < -0.4 is 0 Å². The van der Waals surface area contributed by atoms with Crippen LogP contribution in [0.5, 0.6) is 0 Å². The molecule has 6 N–H and O–H groups in total. The van der Waals surface area contributed by atoms with Crippen molar-refractivity contribution in [2.45, 2.75) is 114 Å². The number of fused-ring (bicyclic) bond motifs is 2. The molecule has 12 nitrogen and oxygen atoms in total. The number of hydrogen-bond donors (Lipinski definition) is 6. The lowest BCUT2D eigenvalue weighted by Crippen LogP contribution is -2.55. The molecule has 2 saturated carbocycles. The highest BCUT2D eigenvalue weighted by atomic mass is 32.1. The molecular formula is C38H50F6O12S. The smallest absolute Gasteiger partial charge is 0.448 e. The van der Waals surface area contributed by atoms with Crippen LogP contribution in [0.3, 0.4) is 0 Å². The molecule has 5 rings (SSSR count). The molecule has 10 atom stereocenters. The Bertz CT molecular complexity index is 1600. The van der Waals surface area contributed by atoms with Crippen molar-refractivity contribution in [1.29, 1.82) is 0 Å². The van der Waals surface area contributed by atoms with Crippen LogP contribution in [0.25, 0.3) is 0 Å². The van der Waals surface area contributed by atoms with E-state index in [0.29, 0.717) is 24.2 Å². The molecule has 1 aromatic rings. The van der Waals surface area contributed by atoms with Crippen LogP contribution in [-0.2, 0) is 18.9 Å². The van der Waals surface area contributed by atoms with Crippen molar-refractivity contribution in [3.8, 4) is 0 Å². The maximum atomic E-state index is 14.0. The number of alkyl halides is 6. The summed E-state index contributed by atoms with van der Waals surface area (Å²) in [6, 6.07) is 2.14. The molecule has 2 unspecified atom stereocenters. The lowest BCUT2D eigenvalue weighted by atomic mass is 9.61. The Balaban J connectivity index is 1.33. The predicted molar refractivity (Wildman–Crippen MR) is 189 cm³/mol. The van der Waals surface area contributed by atoms with Gasteiger partial charge >= 0.3 is 24.3 Å². The van der Waals surface area contributed by atoms with E-state index in [0.717, 1.165) is 12.1 Å². The van der Waals surface area contributed by atoms with Gasteiger partial charge in [-0.1, -0.05) is 13.8 Å². The fourth-order valence-corrected chi connectivity index (χ4v) is 10.0. The van der Waals surface area contributed by atoms with Crippen molar-refractivity contribution in [3.05, 3.63) is 44.6 Å². The molecule has 1 aromatic heterocycles. The molecule has 2 aliphatic carbocycles. The summed E-state index contributed by atoms with van der Waals surface area (Å²) in [7, 11) is 0. The van der Waals surface area contributed by atoms with Crippen molar-refractivity contribution in [2.24, 2.45) is 35.5 Å². The van der Waals surface area contributed by atoms with Gasteiger partial charge in [0.25, 0.3) is 0 Å². The minimum absolute atomic E-state index is 0.0478. The van der Waals surface area contributed by atoms with E-state index < -0.39 is 120 Å². The van der Waals surface area contributed by atoms with Gasteiger partial charge in [0.15, 0.2) is 11.6 Å².